The first kappa shape index (κ1) is 16.0. The molecule has 0 saturated carbocycles. The molecule has 108 valence electrons. The van der Waals surface area contributed by atoms with E-state index in [2.05, 4.69) is 37.9 Å². The predicted octanol–water partition coefficient (Wildman–Crippen LogP) is 3.52. The van der Waals surface area contributed by atoms with Crippen LogP contribution in [0.15, 0.2) is 0 Å². The van der Waals surface area contributed by atoms with Crippen molar-refractivity contribution in [2.45, 2.75) is 59.8 Å². The molecule has 0 atom stereocenters. The number of hydrogen-bond acceptors (Lipinski definition) is 2. The lowest BCUT2D eigenvalue weighted by Gasteiger charge is -2.38. The molecule has 1 heterocycles. The average molecular weight is 254 g/mol. The van der Waals surface area contributed by atoms with Gasteiger partial charge >= 0.3 is 0 Å². The first-order chi connectivity index (χ1) is 8.49. The molecule has 0 radical (unpaired) electrons. The zero-order valence-corrected chi connectivity index (χ0v) is 13.1. The highest BCUT2D eigenvalue weighted by Gasteiger charge is 2.25. The molecule has 0 bridgehead atoms. The van der Waals surface area contributed by atoms with Crippen LogP contribution in [-0.4, -0.2) is 37.6 Å². The van der Waals surface area contributed by atoms with Crippen LogP contribution < -0.4 is 5.32 Å². The lowest BCUT2D eigenvalue weighted by atomic mass is 9.84. The highest BCUT2D eigenvalue weighted by molar-refractivity contribution is 4.79. The van der Waals surface area contributed by atoms with Crippen molar-refractivity contribution in [2.24, 2.45) is 11.3 Å². The van der Waals surface area contributed by atoms with Gasteiger partial charge < -0.3 is 10.2 Å². The van der Waals surface area contributed by atoms with E-state index in [4.69, 9.17) is 0 Å². The van der Waals surface area contributed by atoms with Gasteiger partial charge in [-0.15, -0.1) is 0 Å². The molecule has 2 heteroatoms. The van der Waals surface area contributed by atoms with Crippen LogP contribution in [0.2, 0.25) is 0 Å². The maximum atomic E-state index is 3.52. The maximum Gasteiger partial charge on any atom is 0.00327 e. The van der Waals surface area contributed by atoms with Crippen LogP contribution in [0.5, 0.6) is 0 Å². The minimum atomic E-state index is 0.553. The fourth-order valence-corrected chi connectivity index (χ4v) is 2.89. The largest absolute Gasteiger partial charge is 0.316 e. The van der Waals surface area contributed by atoms with Crippen molar-refractivity contribution in [1.29, 1.82) is 0 Å². The van der Waals surface area contributed by atoms with Crippen molar-refractivity contribution in [1.82, 2.24) is 10.2 Å². The standard InChI is InChI=1S/C16H34N2/c1-15(2)13-17-10-6-5-7-11-18-12-8-9-16(3,4)14-18/h15,17H,5-14H2,1-4H3. The average Bonchev–Trinajstić information content (AvgIpc) is 2.26. The number of nitrogens with zero attached hydrogens (tertiary/aromatic N) is 1. The van der Waals surface area contributed by atoms with E-state index in [0.29, 0.717) is 5.41 Å². The van der Waals surface area contributed by atoms with Crippen molar-refractivity contribution in [3.8, 4) is 0 Å². The number of rotatable bonds is 8. The Hall–Kier alpha value is -0.0800. The summed E-state index contributed by atoms with van der Waals surface area (Å²) in [5.41, 5.74) is 0.553. The van der Waals surface area contributed by atoms with E-state index in [-0.39, 0.29) is 0 Å². The smallest absolute Gasteiger partial charge is 0.00327 e. The summed E-state index contributed by atoms with van der Waals surface area (Å²) in [6.07, 6.45) is 6.89. The monoisotopic (exact) mass is 254 g/mol. The molecule has 0 aromatic carbocycles. The summed E-state index contributed by atoms with van der Waals surface area (Å²) in [6.45, 7) is 15.7. The molecule has 1 aliphatic rings. The zero-order valence-electron chi connectivity index (χ0n) is 13.1. The van der Waals surface area contributed by atoms with Crippen molar-refractivity contribution >= 4 is 0 Å². The molecule has 18 heavy (non-hydrogen) atoms. The normalized spacial score (nSPS) is 20.5. The quantitative estimate of drug-likeness (QED) is 0.667. The number of piperidine rings is 1. The summed E-state index contributed by atoms with van der Waals surface area (Å²) < 4.78 is 0. The van der Waals surface area contributed by atoms with E-state index in [1.165, 1.54) is 64.8 Å². The van der Waals surface area contributed by atoms with Gasteiger partial charge in [-0.25, -0.2) is 0 Å². The number of unbranched alkanes of at least 4 members (excludes halogenated alkanes) is 2. The second kappa shape index (κ2) is 8.16. The molecule has 1 aliphatic heterocycles. The molecule has 0 spiro atoms. The fourth-order valence-electron chi connectivity index (χ4n) is 2.89. The van der Waals surface area contributed by atoms with Gasteiger partial charge in [0.05, 0.1) is 0 Å². The summed E-state index contributed by atoms with van der Waals surface area (Å²) in [4.78, 5) is 2.67. The SMILES string of the molecule is CC(C)CNCCCCCN1CCCC(C)(C)C1. The van der Waals surface area contributed by atoms with Crippen molar-refractivity contribution in [3.63, 3.8) is 0 Å². The third-order valence-corrected chi connectivity index (χ3v) is 3.86. The summed E-state index contributed by atoms with van der Waals surface area (Å²) >= 11 is 0. The van der Waals surface area contributed by atoms with E-state index in [1.807, 2.05) is 0 Å². The first-order valence-corrected chi connectivity index (χ1v) is 7.93. The van der Waals surface area contributed by atoms with E-state index in [9.17, 15) is 0 Å². The highest BCUT2D eigenvalue weighted by Crippen LogP contribution is 2.28. The summed E-state index contributed by atoms with van der Waals surface area (Å²) in [6, 6.07) is 0. The Morgan fingerprint density at radius 2 is 1.94 bits per heavy atom. The highest BCUT2D eigenvalue weighted by atomic mass is 15.1. The second-order valence-corrected chi connectivity index (χ2v) is 7.20. The van der Waals surface area contributed by atoms with Crippen LogP contribution >= 0.6 is 0 Å². The Morgan fingerprint density at radius 1 is 1.17 bits per heavy atom. The Labute approximate surface area is 115 Å². The molecule has 0 aromatic rings. The maximum absolute atomic E-state index is 3.52. The van der Waals surface area contributed by atoms with E-state index in [1.54, 1.807) is 0 Å². The topological polar surface area (TPSA) is 15.3 Å². The molecule has 0 unspecified atom stereocenters. The van der Waals surface area contributed by atoms with Crippen molar-refractivity contribution in [2.75, 3.05) is 32.7 Å². The van der Waals surface area contributed by atoms with E-state index >= 15 is 0 Å². The lowest BCUT2D eigenvalue weighted by molar-refractivity contribution is 0.116. The van der Waals surface area contributed by atoms with Crippen LogP contribution in [0, 0.1) is 11.3 Å². The van der Waals surface area contributed by atoms with Gasteiger partial charge in [0.2, 0.25) is 0 Å². The molecule has 0 aliphatic carbocycles. The van der Waals surface area contributed by atoms with Gasteiger partial charge in [0.1, 0.15) is 0 Å². The van der Waals surface area contributed by atoms with Crippen LogP contribution in [0.1, 0.15) is 59.8 Å². The molecule has 0 aromatic heterocycles. The van der Waals surface area contributed by atoms with E-state index in [0.717, 1.165) is 5.92 Å². The van der Waals surface area contributed by atoms with Crippen LogP contribution in [0.3, 0.4) is 0 Å². The molecule has 1 fully saturated rings. The summed E-state index contributed by atoms with van der Waals surface area (Å²) in [5.74, 6) is 0.778. The van der Waals surface area contributed by atoms with E-state index < -0.39 is 0 Å². The van der Waals surface area contributed by atoms with Crippen molar-refractivity contribution in [3.05, 3.63) is 0 Å². The predicted molar refractivity (Wildman–Crippen MR) is 81.0 cm³/mol. The van der Waals surface area contributed by atoms with Gasteiger partial charge in [-0.2, -0.15) is 0 Å². The minimum absolute atomic E-state index is 0.553. The second-order valence-electron chi connectivity index (χ2n) is 7.20. The fraction of sp³-hybridized carbons (Fsp3) is 1.00. The molecular weight excluding hydrogens is 220 g/mol. The molecule has 2 nitrogen and oxygen atoms in total. The molecule has 1 saturated heterocycles. The molecular formula is C16H34N2. The third kappa shape index (κ3) is 7.38. The summed E-state index contributed by atoms with van der Waals surface area (Å²) in [5, 5.41) is 3.52. The molecule has 1 N–H and O–H groups in total. The Kier molecular flexibility index (Phi) is 7.25. The van der Waals surface area contributed by atoms with Crippen LogP contribution in [0.25, 0.3) is 0 Å². The van der Waals surface area contributed by atoms with Crippen LogP contribution in [0.4, 0.5) is 0 Å². The Bertz CT molecular complexity index is 211. The van der Waals surface area contributed by atoms with Gasteiger partial charge in [-0.1, -0.05) is 34.1 Å². The Morgan fingerprint density at radius 3 is 2.61 bits per heavy atom. The van der Waals surface area contributed by atoms with Gasteiger partial charge in [0.15, 0.2) is 0 Å². The number of nitrogens with one attached hydrogen (secondary N) is 1. The first-order valence-electron chi connectivity index (χ1n) is 7.93. The lowest BCUT2D eigenvalue weighted by Crippen LogP contribution is -2.40. The molecule has 0 amide bonds. The van der Waals surface area contributed by atoms with Crippen LogP contribution in [-0.2, 0) is 0 Å². The number of likely N-dealkylation sites (tertiary alicyclic amines) is 1. The van der Waals surface area contributed by atoms with Crippen molar-refractivity contribution < 1.29 is 0 Å². The van der Waals surface area contributed by atoms with Gasteiger partial charge in [0, 0.05) is 6.54 Å². The van der Waals surface area contributed by atoms with Gasteiger partial charge in [-0.3, -0.25) is 0 Å². The number of hydrogen-bond donors (Lipinski definition) is 1. The third-order valence-electron chi connectivity index (χ3n) is 3.86. The molecule has 1 rings (SSSR count). The summed E-state index contributed by atoms with van der Waals surface area (Å²) in [7, 11) is 0. The van der Waals surface area contributed by atoms with Gasteiger partial charge in [0.25, 0.3) is 0 Å². The zero-order chi connectivity index (χ0) is 13.4. The Balaban J connectivity index is 1.94. The minimum Gasteiger partial charge on any atom is -0.316 e. The van der Waals surface area contributed by atoms with Gasteiger partial charge in [-0.05, 0) is 63.2 Å².